The first kappa shape index (κ1) is 19.9. The quantitative estimate of drug-likeness (QED) is 0.746. The lowest BCUT2D eigenvalue weighted by Gasteiger charge is -2.44. The smallest absolute Gasteiger partial charge is 0.258 e. The average molecular weight is 397 g/mol. The van der Waals surface area contributed by atoms with Crippen molar-refractivity contribution >= 4 is 15.7 Å². The normalized spacial score (nSPS) is 24.7. The standard InChI is InChI=1S/C19H28N2O5S/c1-13(2)10-20-7-8-21(17-12-27(23,24)11-16(17)20)19(22)15-6-5-14(25-3)9-18(15)26-4/h5-6,9,13,16-17H,7-8,10-12H2,1-4H3/t16-,17+/m1/s1. The number of hydrogen-bond acceptors (Lipinski definition) is 6. The van der Waals surface area contributed by atoms with Crippen LogP contribution in [0.5, 0.6) is 11.5 Å². The first-order valence-electron chi connectivity index (χ1n) is 9.23. The highest BCUT2D eigenvalue weighted by molar-refractivity contribution is 7.91. The Labute approximate surface area is 161 Å². The largest absolute Gasteiger partial charge is 0.497 e. The maximum Gasteiger partial charge on any atom is 0.258 e. The maximum atomic E-state index is 13.3. The topological polar surface area (TPSA) is 76.2 Å². The average Bonchev–Trinajstić information content (AvgIpc) is 2.95. The molecule has 2 saturated heterocycles. The number of carbonyl (C=O) groups is 1. The molecule has 2 fully saturated rings. The Morgan fingerprint density at radius 3 is 2.48 bits per heavy atom. The van der Waals surface area contributed by atoms with E-state index in [2.05, 4.69) is 18.7 Å². The van der Waals surface area contributed by atoms with Crippen LogP contribution in [0.1, 0.15) is 24.2 Å². The molecule has 0 saturated carbocycles. The summed E-state index contributed by atoms with van der Waals surface area (Å²) in [7, 11) is -0.0967. The molecule has 150 valence electrons. The van der Waals surface area contributed by atoms with Crippen molar-refractivity contribution < 1.29 is 22.7 Å². The molecule has 1 amide bonds. The van der Waals surface area contributed by atoms with Gasteiger partial charge in [0, 0.05) is 31.7 Å². The molecule has 0 radical (unpaired) electrons. The second kappa shape index (κ2) is 7.67. The highest BCUT2D eigenvalue weighted by Gasteiger charge is 2.48. The Morgan fingerprint density at radius 2 is 1.85 bits per heavy atom. The van der Waals surface area contributed by atoms with Crippen LogP contribution in [0.3, 0.4) is 0 Å². The lowest BCUT2D eigenvalue weighted by Crippen LogP contribution is -2.61. The number of hydrogen-bond donors (Lipinski definition) is 0. The van der Waals surface area contributed by atoms with Crippen molar-refractivity contribution in [2.24, 2.45) is 5.92 Å². The van der Waals surface area contributed by atoms with Gasteiger partial charge in [0.05, 0.1) is 37.3 Å². The highest BCUT2D eigenvalue weighted by atomic mass is 32.2. The molecule has 0 N–H and O–H groups in total. The number of sulfone groups is 1. The lowest BCUT2D eigenvalue weighted by atomic mass is 10.0. The van der Waals surface area contributed by atoms with E-state index in [0.717, 1.165) is 6.54 Å². The summed E-state index contributed by atoms with van der Waals surface area (Å²) in [6.45, 7) is 6.28. The number of ether oxygens (including phenoxy) is 2. The molecule has 0 aromatic heterocycles. The Balaban J connectivity index is 1.90. The minimum absolute atomic E-state index is 0.0243. The molecule has 0 aliphatic carbocycles. The van der Waals surface area contributed by atoms with Crippen molar-refractivity contribution in [3.8, 4) is 11.5 Å². The zero-order valence-corrected chi connectivity index (χ0v) is 17.2. The molecule has 1 aromatic carbocycles. The van der Waals surface area contributed by atoms with Crippen LogP contribution in [0.25, 0.3) is 0 Å². The van der Waals surface area contributed by atoms with Gasteiger partial charge in [-0.25, -0.2) is 8.42 Å². The van der Waals surface area contributed by atoms with Gasteiger partial charge < -0.3 is 14.4 Å². The maximum absolute atomic E-state index is 13.3. The molecule has 2 aliphatic heterocycles. The van der Waals surface area contributed by atoms with Crippen LogP contribution < -0.4 is 9.47 Å². The number of amides is 1. The molecule has 7 nitrogen and oxygen atoms in total. The van der Waals surface area contributed by atoms with E-state index >= 15 is 0 Å². The summed E-state index contributed by atoms with van der Waals surface area (Å²) < 4.78 is 35.2. The zero-order valence-electron chi connectivity index (χ0n) is 16.3. The van der Waals surface area contributed by atoms with Crippen molar-refractivity contribution in [3.63, 3.8) is 0 Å². The van der Waals surface area contributed by atoms with Gasteiger partial charge in [0.1, 0.15) is 11.5 Å². The Hall–Kier alpha value is -1.80. The molecule has 0 unspecified atom stereocenters. The highest BCUT2D eigenvalue weighted by Crippen LogP contribution is 2.31. The van der Waals surface area contributed by atoms with E-state index in [1.165, 1.54) is 7.11 Å². The van der Waals surface area contributed by atoms with E-state index in [4.69, 9.17) is 9.47 Å². The number of carbonyl (C=O) groups excluding carboxylic acids is 1. The van der Waals surface area contributed by atoms with Crippen LogP contribution >= 0.6 is 0 Å². The van der Waals surface area contributed by atoms with E-state index in [1.54, 1.807) is 30.2 Å². The first-order valence-corrected chi connectivity index (χ1v) is 11.1. The van der Waals surface area contributed by atoms with Crippen LogP contribution in [0.15, 0.2) is 18.2 Å². The van der Waals surface area contributed by atoms with Gasteiger partial charge in [-0.2, -0.15) is 0 Å². The van der Waals surface area contributed by atoms with Crippen molar-refractivity contribution in [3.05, 3.63) is 23.8 Å². The van der Waals surface area contributed by atoms with Crippen molar-refractivity contribution in [2.75, 3.05) is 45.4 Å². The summed E-state index contributed by atoms with van der Waals surface area (Å²) in [5, 5.41) is 0. The number of benzene rings is 1. The van der Waals surface area contributed by atoms with Gasteiger partial charge in [-0.1, -0.05) is 13.8 Å². The Bertz CT molecular complexity index is 808. The lowest BCUT2D eigenvalue weighted by molar-refractivity contribution is 0.0295. The SMILES string of the molecule is COc1ccc(C(=O)N2CCN(CC(C)C)[C@@H]3CS(=O)(=O)C[C@@H]32)c(OC)c1. The Kier molecular flexibility index (Phi) is 5.67. The number of nitrogens with zero attached hydrogens (tertiary/aromatic N) is 2. The second-order valence-corrected chi connectivity index (χ2v) is 9.82. The summed E-state index contributed by atoms with van der Waals surface area (Å²) in [6.07, 6.45) is 0. The summed E-state index contributed by atoms with van der Waals surface area (Å²) in [5.41, 5.74) is 0.429. The molecule has 8 heteroatoms. The second-order valence-electron chi connectivity index (χ2n) is 7.67. The van der Waals surface area contributed by atoms with Gasteiger partial charge in [0.25, 0.3) is 5.91 Å². The molecule has 3 rings (SSSR count). The summed E-state index contributed by atoms with van der Waals surface area (Å²) in [4.78, 5) is 17.2. The van der Waals surface area contributed by atoms with Crippen LogP contribution in [-0.4, -0.2) is 81.6 Å². The van der Waals surface area contributed by atoms with Gasteiger partial charge >= 0.3 is 0 Å². The molecular weight excluding hydrogens is 368 g/mol. The number of piperazine rings is 1. The Morgan fingerprint density at radius 1 is 1.15 bits per heavy atom. The minimum atomic E-state index is -3.16. The van der Waals surface area contributed by atoms with Gasteiger partial charge in [-0.3, -0.25) is 9.69 Å². The predicted molar refractivity (Wildman–Crippen MR) is 103 cm³/mol. The van der Waals surface area contributed by atoms with Crippen LogP contribution in [0.2, 0.25) is 0 Å². The molecular formula is C19H28N2O5S. The predicted octanol–water partition coefficient (Wildman–Crippen LogP) is 1.28. The minimum Gasteiger partial charge on any atom is -0.497 e. The van der Waals surface area contributed by atoms with E-state index in [1.807, 2.05) is 0 Å². The molecule has 0 spiro atoms. The van der Waals surface area contributed by atoms with Crippen LogP contribution in [-0.2, 0) is 9.84 Å². The van der Waals surface area contributed by atoms with E-state index in [0.29, 0.717) is 36.1 Å². The van der Waals surface area contributed by atoms with E-state index in [-0.39, 0.29) is 29.5 Å². The summed E-state index contributed by atoms with van der Waals surface area (Å²) in [6, 6.07) is 4.61. The summed E-state index contributed by atoms with van der Waals surface area (Å²) >= 11 is 0. The van der Waals surface area contributed by atoms with Gasteiger partial charge in [-0.05, 0) is 18.1 Å². The van der Waals surface area contributed by atoms with E-state index in [9.17, 15) is 13.2 Å². The summed E-state index contributed by atoms with van der Waals surface area (Å²) in [5.74, 6) is 1.43. The third-order valence-electron chi connectivity index (χ3n) is 5.29. The van der Waals surface area contributed by atoms with Crippen molar-refractivity contribution in [1.82, 2.24) is 9.80 Å². The molecule has 27 heavy (non-hydrogen) atoms. The number of methoxy groups -OCH3 is 2. The molecule has 2 heterocycles. The molecule has 1 aromatic rings. The molecule has 2 atom stereocenters. The first-order chi connectivity index (χ1) is 12.8. The van der Waals surface area contributed by atoms with Gasteiger partial charge in [0.15, 0.2) is 9.84 Å². The van der Waals surface area contributed by atoms with Crippen LogP contribution in [0.4, 0.5) is 0 Å². The third-order valence-corrected chi connectivity index (χ3v) is 6.99. The molecule has 2 aliphatic rings. The van der Waals surface area contributed by atoms with Crippen molar-refractivity contribution in [2.45, 2.75) is 25.9 Å². The molecule has 0 bridgehead atoms. The zero-order chi connectivity index (χ0) is 19.8. The van der Waals surface area contributed by atoms with Gasteiger partial charge in [0.2, 0.25) is 0 Å². The fourth-order valence-corrected chi connectivity index (χ4v) is 6.11. The van der Waals surface area contributed by atoms with Crippen molar-refractivity contribution in [1.29, 1.82) is 0 Å². The van der Waals surface area contributed by atoms with E-state index < -0.39 is 9.84 Å². The third kappa shape index (κ3) is 4.06. The number of rotatable bonds is 5. The van der Waals surface area contributed by atoms with Gasteiger partial charge in [-0.15, -0.1) is 0 Å². The number of fused-ring (bicyclic) bond motifs is 1. The fraction of sp³-hybridized carbons (Fsp3) is 0.632. The van der Waals surface area contributed by atoms with Crippen LogP contribution in [0, 0.1) is 5.92 Å². The monoisotopic (exact) mass is 396 g/mol. The fourth-order valence-electron chi connectivity index (χ4n) is 4.10.